The van der Waals surface area contributed by atoms with Crippen LogP contribution in [0.1, 0.15) is 81.8 Å². The van der Waals surface area contributed by atoms with Crippen molar-refractivity contribution in [3.8, 4) is 0 Å². The lowest BCUT2D eigenvalue weighted by Gasteiger charge is -2.37. The summed E-state index contributed by atoms with van der Waals surface area (Å²) in [7, 11) is 0. The smallest absolute Gasteiger partial charge is 0.0717 e. The molecule has 1 aromatic carbocycles. The minimum atomic E-state index is 0.734. The van der Waals surface area contributed by atoms with Crippen molar-refractivity contribution in [1.29, 1.82) is 0 Å². The molecule has 1 heteroatoms. The Bertz CT molecular complexity index is 569. The summed E-state index contributed by atoms with van der Waals surface area (Å²) in [4.78, 5) is 0. The summed E-state index contributed by atoms with van der Waals surface area (Å²) in [5.41, 5.74) is 2.84. The summed E-state index contributed by atoms with van der Waals surface area (Å²) in [5.74, 6) is 3.54. The number of hydrogen-bond acceptors (Lipinski definition) is 1. The Labute approximate surface area is 166 Å². The zero-order valence-electron chi connectivity index (χ0n) is 17.2. The van der Waals surface area contributed by atoms with Gasteiger partial charge in [-0.3, -0.25) is 0 Å². The Morgan fingerprint density at radius 3 is 2.15 bits per heavy atom. The van der Waals surface area contributed by atoms with E-state index >= 15 is 0 Å². The van der Waals surface area contributed by atoms with Gasteiger partial charge in [0.15, 0.2) is 0 Å². The summed E-state index contributed by atoms with van der Waals surface area (Å²) >= 11 is 0. The first-order valence-corrected chi connectivity index (χ1v) is 11.2. The summed E-state index contributed by atoms with van der Waals surface area (Å²) in [6, 6.07) is 9.25. The van der Waals surface area contributed by atoms with Crippen LogP contribution in [0.25, 0.3) is 0 Å². The van der Waals surface area contributed by atoms with Crippen LogP contribution in [0, 0.1) is 17.8 Å². The largest absolute Gasteiger partial charge is 0.376 e. The molecule has 0 N–H and O–H groups in total. The van der Waals surface area contributed by atoms with Gasteiger partial charge in [-0.05, 0) is 99.5 Å². The molecule has 0 aliphatic heterocycles. The summed E-state index contributed by atoms with van der Waals surface area (Å²) in [6.07, 6.45) is 18.7. The standard InChI is InChI=1S/C26H38O/c1-3-5-6-19-27-20-22-9-13-24(14-10-22)26-17-15-25(16-18-26)23-11-7-21(4-2)8-12-23/h3-5,9-10,13-14,21,23,25-26H,2,6-8,11-12,15-20H2,1H3/t21-,23-,25?,26?. The van der Waals surface area contributed by atoms with Gasteiger partial charge in [0.05, 0.1) is 13.2 Å². The van der Waals surface area contributed by atoms with Gasteiger partial charge in [0.1, 0.15) is 0 Å². The van der Waals surface area contributed by atoms with Crippen LogP contribution in [-0.4, -0.2) is 6.61 Å². The third-order valence-corrected chi connectivity index (χ3v) is 6.97. The molecule has 2 fully saturated rings. The van der Waals surface area contributed by atoms with E-state index in [4.69, 9.17) is 4.74 Å². The number of rotatable bonds is 8. The molecule has 2 aliphatic rings. The Morgan fingerprint density at radius 1 is 0.926 bits per heavy atom. The van der Waals surface area contributed by atoms with Crippen LogP contribution in [0.4, 0.5) is 0 Å². The van der Waals surface area contributed by atoms with Crippen molar-refractivity contribution in [2.45, 2.75) is 77.2 Å². The third-order valence-electron chi connectivity index (χ3n) is 6.97. The average molecular weight is 367 g/mol. The summed E-state index contributed by atoms with van der Waals surface area (Å²) in [5, 5.41) is 0. The molecule has 1 aromatic rings. The van der Waals surface area contributed by atoms with Gasteiger partial charge in [0.25, 0.3) is 0 Å². The molecule has 27 heavy (non-hydrogen) atoms. The molecule has 0 spiro atoms. The maximum atomic E-state index is 5.75. The van der Waals surface area contributed by atoms with Gasteiger partial charge < -0.3 is 4.74 Å². The number of benzene rings is 1. The molecule has 0 atom stereocenters. The molecular weight excluding hydrogens is 328 g/mol. The molecular formula is C26H38O. The van der Waals surface area contributed by atoms with Crippen molar-refractivity contribution < 1.29 is 4.74 Å². The van der Waals surface area contributed by atoms with Crippen molar-refractivity contribution in [3.63, 3.8) is 0 Å². The fourth-order valence-corrected chi connectivity index (χ4v) is 5.17. The highest BCUT2D eigenvalue weighted by atomic mass is 16.5. The summed E-state index contributed by atoms with van der Waals surface area (Å²) in [6.45, 7) is 7.59. The molecule has 0 unspecified atom stereocenters. The average Bonchev–Trinajstić information content (AvgIpc) is 2.74. The first-order valence-electron chi connectivity index (χ1n) is 11.2. The van der Waals surface area contributed by atoms with E-state index in [2.05, 4.69) is 56.0 Å². The molecule has 3 rings (SSSR count). The monoisotopic (exact) mass is 366 g/mol. The van der Waals surface area contributed by atoms with Crippen LogP contribution in [0.3, 0.4) is 0 Å². The highest BCUT2D eigenvalue weighted by Crippen LogP contribution is 2.44. The van der Waals surface area contributed by atoms with Crippen LogP contribution in [-0.2, 0) is 11.3 Å². The first kappa shape index (κ1) is 20.4. The van der Waals surface area contributed by atoms with Crippen LogP contribution >= 0.6 is 0 Å². The lowest BCUT2D eigenvalue weighted by molar-refractivity contribution is 0.125. The van der Waals surface area contributed by atoms with Crippen LogP contribution in [0.15, 0.2) is 49.1 Å². The fourth-order valence-electron chi connectivity index (χ4n) is 5.17. The first-order chi connectivity index (χ1) is 13.3. The minimum Gasteiger partial charge on any atom is -0.376 e. The molecule has 1 nitrogen and oxygen atoms in total. The SMILES string of the molecule is C=C[C@H]1CC[C@H](C2CCC(c3ccc(COCCC=CC)cc3)CC2)CC1. The van der Waals surface area contributed by atoms with E-state index in [-0.39, 0.29) is 0 Å². The van der Waals surface area contributed by atoms with Crippen molar-refractivity contribution >= 4 is 0 Å². The fraction of sp³-hybridized carbons (Fsp3) is 0.615. The molecule has 2 aliphatic carbocycles. The normalized spacial score (nSPS) is 29.1. The molecule has 148 valence electrons. The Morgan fingerprint density at radius 2 is 1.56 bits per heavy atom. The lowest BCUT2D eigenvalue weighted by Crippen LogP contribution is -2.25. The van der Waals surface area contributed by atoms with E-state index in [1.807, 2.05) is 0 Å². The third kappa shape index (κ3) is 6.07. The predicted octanol–water partition coefficient (Wildman–Crippen LogP) is 7.44. The van der Waals surface area contributed by atoms with Gasteiger partial charge >= 0.3 is 0 Å². The molecule has 2 saturated carbocycles. The topological polar surface area (TPSA) is 9.23 Å². The Balaban J connectivity index is 1.41. The van der Waals surface area contributed by atoms with Gasteiger partial charge in [-0.15, -0.1) is 6.58 Å². The summed E-state index contributed by atoms with van der Waals surface area (Å²) < 4.78 is 5.75. The Hall–Kier alpha value is -1.34. The van der Waals surface area contributed by atoms with Gasteiger partial charge in [-0.2, -0.15) is 0 Å². The van der Waals surface area contributed by atoms with E-state index < -0.39 is 0 Å². The maximum absolute atomic E-state index is 5.75. The second-order valence-corrected chi connectivity index (χ2v) is 8.67. The highest BCUT2D eigenvalue weighted by Gasteiger charge is 2.30. The molecule has 0 aromatic heterocycles. The molecule has 0 heterocycles. The van der Waals surface area contributed by atoms with E-state index in [9.17, 15) is 0 Å². The second-order valence-electron chi connectivity index (χ2n) is 8.67. The van der Waals surface area contributed by atoms with E-state index in [0.29, 0.717) is 0 Å². The number of hydrogen-bond donors (Lipinski definition) is 0. The van der Waals surface area contributed by atoms with Crippen molar-refractivity contribution in [2.75, 3.05) is 6.61 Å². The zero-order valence-corrected chi connectivity index (χ0v) is 17.2. The van der Waals surface area contributed by atoms with Gasteiger partial charge in [0, 0.05) is 0 Å². The van der Waals surface area contributed by atoms with Crippen LogP contribution in [0.2, 0.25) is 0 Å². The second kappa shape index (κ2) is 10.9. The number of ether oxygens (including phenoxy) is 1. The predicted molar refractivity (Wildman–Crippen MR) is 116 cm³/mol. The van der Waals surface area contributed by atoms with Gasteiger partial charge in [-0.1, -0.05) is 42.5 Å². The number of allylic oxidation sites excluding steroid dienone is 2. The van der Waals surface area contributed by atoms with Crippen LogP contribution < -0.4 is 0 Å². The van der Waals surface area contributed by atoms with Gasteiger partial charge in [0.2, 0.25) is 0 Å². The van der Waals surface area contributed by atoms with Gasteiger partial charge in [-0.25, -0.2) is 0 Å². The Kier molecular flexibility index (Phi) is 8.20. The maximum Gasteiger partial charge on any atom is 0.0717 e. The molecule has 0 radical (unpaired) electrons. The van der Waals surface area contributed by atoms with Crippen molar-refractivity contribution in [1.82, 2.24) is 0 Å². The van der Waals surface area contributed by atoms with Crippen molar-refractivity contribution in [2.24, 2.45) is 17.8 Å². The van der Waals surface area contributed by atoms with E-state index in [1.165, 1.54) is 56.9 Å². The minimum absolute atomic E-state index is 0.734. The molecule has 0 amide bonds. The molecule has 0 saturated heterocycles. The zero-order chi connectivity index (χ0) is 18.9. The highest BCUT2D eigenvalue weighted by molar-refractivity contribution is 5.25. The quantitative estimate of drug-likeness (QED) is 0.343. The molecule has 0 bridgehead atoms. The van der Waals surface area contributed by atoms with Crippen molar-refractivity contribution in [3.05, 3.63) is 60.2 Å². The van der Waals surface area contributed by atoms with Crippen LogP contribution in [0.5, 0.6) is 0 Å². The van der Waals surface area contributed by atoms with E-state index in [0.717, 1.165) is 43.3 Å². The lowest BCUT2D eigenvalue weighted by atomic mass is 9.68. The van der Waals surface area contributed by atoms with E-state index in [1.54, 1.807) is 5.56 Å².